The zero-order valence-electron chi connectivity index (χ0n) is 11.8. The van der Waals surface area contributed by atoms with Gasteiger partial charge in [0.1, 0.15) is 11.9 Å². The van der Waals surface area contributed by atoms with Gasteiger partial charge in [-0.2, -0.15) is 0 Å². The molecule has 1 aromatic heterocycles. The minimum absolute atomic E-state index is 0.189. The lowest BCUT2D eigenvalue weighted by Crippen LogP contribution is -2.32. The maximum absolute atomic E-state index is 10.6. The molecule has 0 radical (unpaired) electrons. The molecule has 0 bridgehead atoms. The van der Waals surface area contributed by atoms with Crippen molar-refractivity contribution in [2.45, 2.75) is 51.2 Å². The lowest BCUT2D eigenvalue weighted by Gasteiger charge is -2.33. The summed E-state index contributed by atoms with van der Waals surface area (Å²) >= 11 is 0. The quantitative estimate of drug-likeness (QED) is 0.877. The fourth-order valence-electron chi connectivity index (χ4n) is 3.18. The molecule has 4 heteroatoms. The van der Waals surface area contributed by atoms with Gasteiger partial charge in [-0.25, -0.2) is 4.98 Å². The maximum Gasteiger partial charge on any atom is 0.129 e. The number of pyridine rings is 1. The first-order valence-corrected chi connectivity index (χ1v) is 7.07. The summed E-state index contributed by atoms with van der Waals surface area (Å²) in [4.78, 5) is 4.09. The third kappa shape index (κ3) is 3.07. The molecular weight excluding hydrogens is 240 g/mol. The predicted molar refractivity (Wildman–Crippen MR) is 75.7 cm³/mol. The van der Waals surface area contributed by atoms with Crippen LogP contribution in [0.5, 0.6) is 0 Å². The van der Waals surface area contributed by atoms with Crippen molar-refractivity contribution in [3.63, 3.8) is 0 Å². The molecule has 0 spiro atoms. The van der Waals surface area contributed by atoms with Crippen LogP contribution in [0.3, 0.4) is 0 Å². The van der Waals surface area contributed by atoms with Crippen molar-refractivity contribution in [1.29, 1.82) is 0 Å². The molecule has 1 fully saturated rings. The molecule has 1 saturated carbocycles. The van der Waals surface area contributed by atoms with Crippen LogP contribution in [0.25, 0.3) is 0 Å². The number of aromatic nitrogens is 1. The van der Waals surface area contributed by atoms with E-state index in [0.717, 1.165) is 24.0 Å². The number of ether oxygens (including phenoxy) is 1. The van der Waals surface area contributed by atoms with E-state index in [1.165, 1.54) is 19.3 Å². The second-order valence-electron chi connectivity index (χ2n) is 5.47. The van der Waals surface area contributed by atoms with Gasteiger partial charge in [0.15, 0.2) is 0 Å². The molecular formula is C15H24N2O2. The first-order chi connectivity index (χ1) is 9.15. The number of aliphatic hydroxyl groups is 1. The number of hydrogen-bond acceptors (Lipinski definition) is 4. The Morgan fingerprint density at radius 2 is 2.05 bits per heavy atom. The number of nitrogens with zero attached hydrogens (tertiary/aromatic N) is 1. The summed E-state index contributed by atoms with van der Waals surface area (Å²) in [5, 5.41) is 10.6. The van der Waals surface area contributed by atoms with Crippen molar-refractivity contribution in [1.82, 2.24) is 4.98 Å². The lowest BCUT2D eigenvalue weighted by molar-refractivity contribution is -0.0559. The fraction of sp³-hybridized carbons (Fsp3) is 0.667. The molecule has 19 heavy (non-hydrogen) atoms. The van der Waals surface area contributed by atoms with Gasteiger partial charge in [-0.3, -0.25) is 0 Å². The number of rotatable bonds is 4. The maximum atomic E-state index is 10.6. The van der Waals surface area contributed by atoms with Crippen LogP contribution in [0.1, 0.15) is 49.3 Å². The van der Waals surface area contributed by atoms with E-state index in [2.05, 4.69) is 4.98 Å². The Morgan fingerprint density at radius 3 is 2.63 bits per heavy atom. The second kappa shape index (κ2) is 6.35. The van der Waals surface area contributed by atoms with Crippen molar-refractivity contribution in [3.8, 4) is 0 Å². The van der Waals surface area contributed by atoms with Gasteiger partial charge >= 0.3 is 0 Å². The molecule has 3 N–H and O–H groups in total. The van der Waals surface area contributed by atoms with Crippen molar-refractivity contribution >= 4 is 5.82 Å². The first-order valence-electron chi connectivity index (χ1n) is 7.07. The Hall–Kier alpha value is -1.13. The zero-order valence-corrected chi connectivity index (χ0v) is 11.8. The van der Waals surface area contributed by atoms with Crippen molar-refractivity contribution in [3.05, 3.63) is 23.4 Å². The third-order valence-electron chi connectivity index (χ3n) is 4.23. The van der Waals surface area contributed by atoms with Gasteiger partial charge in [-0.05, 0) is 37.3 Å². The van der Waals surface area contributed by atoms with Crippen LogP contribution in [-0.4, -0.2) is 23.3 Å². The first kappa shape index (κ1) is 14.3. The third-order valence-corrected chi connectivity index (χ3v) is 4.23. The summed E-state index contributed by atoms with van der Waals surface area (Å²) in [7, 11) is 1.67. The van der Waals surface area contributed by atoms with E-state index >= 15 is 0 Å². The predicted octanol–water partition coefficient (Wildman–Crippen LogP) is 2.60. The van der Waals surface area contributed by atoms with Crippen LogP contribution < -0.4 is 5.73 Å². The van der Waals surface area contributed by atoms with Crippen LogP contribution in [0, 0.1) is 12.8 Å². The molecule has 1 heterocycles. The number of nitrogens with two attached hydrogens (primary N) is 1. The average molecular weight is 264 g/mol. The van der Waals surface area contributed by atoms with Crippen molar-refractivity contribution in [2.75, 3.05) is 12.8 Å². The largest absolute Gasteiger partial charge is 0.386 e. The van der Waals surface area contributed by atoms with E-state index in [1.807, 2.05) is 13.0 Å². The second-order valence-corrected chi connectivity index (χ2v) is 5.47. The van der Waals surface area contributed by atoms with Gasteiger partial charge in [-0.1, -0.05) is 19.3 Å². The summed E-state index contributed by atoms with van der Waals surface area (Å²) in [6, 6.07) is 1.88. The fourth-order valence-corrected chi connectivity index (χ4v) is 3.18. The number of aliphatic hydroxyl groups excluding tert-OH is 1. The van der Waals surface area contributed by atoms with Gasteiger partial charge in [0, 0.05) is 18.9 Å². The minimum Gasteiger partial charge on any atom is -0.386 e. The van der Waals surface area contributed by atoms with E-state index in [-0.39, 0.29) is 6.10 Å². The van der Waals surface area contributed by atoms with Gasteiger partial charge in [-0.15, -0.1) is 0 Å². The molecule has 0 aliphatic heterocycles. The van der Waals surface area contributed by atoms with E-state index in [0.29, 0.717) is 11.7 Å². The Morgan fingerprint density at radius 1 is 1.37 bits per heavy atom. The molecule has 0 aromatic carbocycles. The highest BCUT2D eigenvalue weighted by atomic mass is 16.5. The van der Waals surface area contributed by atoms with E-state index in [1.54, 1.807) is 13.3 Å². The molecule has 2 atom stereocenters. The van der Waals surface area contributed by atoms with Crippen LogP contribution >= 0.6 is 0 Å². The summed E-state index contributed by atoms with van der Waals surface area (Å²) in [5.74, 6) is 0.818. The zero-order chi connectivity index (χ0) is 13.8. The van der Waals surface area contributed by atoms with Crippen molar-refractivity contribution in [2.24, 2.45) is 5.92 Å². The topological polar surface area (TPSA) is 68.4 Å². The van der Waals surface area contributed by atoms with E-state index < -0.39 is 6.10 Å². The highest BCUT2D eigenvalue weighted by Crippen LogP contribution is 2.36. The van der Waals surface area contributed by atoms with Gasteiger partial charge in [0.25, 0.3) is 0 Å². The average Bonchev–Trinajstić information content (AvgIpc) is 2.40. The van der Waals surface area contributed by atoms with Gasteiger partial charge in [0.2, 0.25) is 0 Å². The van der Waals surface area contributed by atoms with E-state index in [4.69, 9.17) is 10.5 Å². The minimum atomic E-state index is -0.693. The van der Waals surface area contributed by atoms with E-state index in [9.17, 15) is 5.11 Å². The smallest absolute Gasteiger partial charge is 0.129 e. The summed E-state index contributed by atoms with van der Waals surface area (Å²) in [5.41, 5.74) is 7.61. The Balaban J connectivity index is 2.22. The Bertz CT molecular complexity index is 396. The van der Waals surface area contributed by atoms with Crippen LogP contribution in [0.15, 0.2) is 12.3 Å². The Labute approximate surface area is 115 Å². The Kier molecular flexibility index (Phi) is 4.77. The molecule has 106 valence electrons. The van der Waals surface area contributed by atoms with Gasteiger partial charge < -0.3 is 15.6 Å². The molecule has 2 rings (SSSR count). The number of anilines is 1. The summed E-state index contributed by atoms with van der Waals surface area (Å²) < 4.78 is 5.58. The normalized spacial score (nSPS) is 20.2. The van der Waals surface area contributed by atoms with Crippen LogP contribution in [-0.2, 0) is 4.74 Å². The van der Waals surface area contributed by atoms with Crippen LogP contribution in [0.2, 0.25) is 0 Å². The molecule has 1 aliphatic carbocycles. The molecule has 0 saturated heterocycles. The molecule has 1 aromatic rings. The highest BCUT2D eigenvalue weighted by Gasteiger charge is 2.32. The lowest BCUT2D eigenvalue weighted by atomic mass is 9.81. The number of aryl methyl sites for hydroxylation is 1. The summed E-state index contributed by atoms with van der Waals surface area (Å²) in [6.07, 6.45) is 6.76. The monoisotopic (exact) mass is 264 g/mol. The molecule has 1 aliphatic rings. The van der Waals surface area contributed by atoms with Crippen molar-refractivity contribution < 1.29 is 9.84 Å². The molecule has 2 unspecified atom stereocenters. The van der Waals surface area contributed by atoms with Gasteiger partial charge in [0.05, 0.1) is 6.10 Å². The number of nitrogen functional groups attached to an aromatic ring is 1. The SMILES string of the molecule is COC(C1CCCCC1)C(O)c1c(C)ccnc1N. The summed E-state index contributed by atoms with van der Waals surface area (Å²) in [6.45, 7) is 1.95. The molecule has 4 nitrogen and oxygen atoms in total. The number of hydrogen-bond donors (Lipinski definition) is 2. The highest BCUT2D eigenvalue weighted by molar-refractivity contribution is 5.45. The molecule has 0 amide bonds. The standard InChI is InChI=1S/C15H24N2O2/c1-10-8-9-17-15(16)12(10)13(18)14(19-2)11-6-4-3-5-7-11/h8-9,11,13-14,18H,3-7H2,1-2H3,(H2,16,17). The number of methoxy groups -OCH3 is 1. The van der Waals surface area contributed by atoms with Crippen LogP contribution in [0.4, 0.5) is 5.82 Å².